The molecule has 1 aromatic carbocycles. The molecule has 0 aliphatic carbocycles. The molecule has 0 spiro atoms. The van der Waals surface area contributed by atoms with E-state index in [-0.39, 0.29) is 18.2 Å². The molecule has 1 rings (SSSR count). The van der Waals surface area contributed by atoms with Crippen molar-refractivity contribution in [3.8, 4) is 0 Å². The van der Waals surface area contributed by atoms with E-state index in [0.29, 0.717) is 30.4 Å². The van der Waals surface area contributed by atoms with E-state index in [2.05, 4.69) is 4.99 Å². The highest BCUT2D eigenvalue weighted by molar-refractivity contribution is 5.96. The molecule has 0 amide bonds. The number of carbonyl (C=O) groups is 2. The van der Waals surface area contributed by atoms with Crippen LogP contribution in [0.15, 0.2) is 29.3 Å². The van der Waals surface area contributed by atoms with E-state index in [9.17, 15) is 9.59 Å². The Hall–Kier alpha value is -2.17. The Bertz CT molecular complexity index is 491. The lowest BCUT2D eigenvalue weighted by Gasteiger charge is -2.07. The van der Waals surface area contributed by atoms with Crippen LogP contribution in [0.4, 0.5) is 5.69 Å². The molecule has 5 nitrogen and oxygen atoms in total. The topological polar surface area (TPSA) is 65.0 Å². The van der Waals surface area contributed by atoms with Crippen LogP contribution in [0.3, 0.4) is 0 Å². The third-order valence-corrected chi connectivity index (χ3v) is 2.44. The Kier molecular flexibility index (Phi) is 6.43. The molecule has 0 unspecified atom stereocenters. The Morgan fingerprint density at radius 1 is 1.05 bits per heavy atom. The summed E-state index contributed by atoms with van der Waals surface area (Å²) in [5.41, 5.74) is 1.25. The van der Waals surface area contributed by atoms with Crippen LogP contribution in [0.25, 0.3) is 0 Å². The minimum absolute atomic E-state index is 0.00270. The minimum Gasteiger partial charge on any atom is -0.481 e. The van der Waals surface area contributed by atoms with Crippen LogP contribution in [-0.4, -0.2) is 30.9 Å². The summed E-state index contributed by atoms with van der Waals surface area (Å²) in [5.74, 6) is -0.0707. The van der Waals surface area contributed by atoms with Crippen LogP contribution in [0.5, 0.6) is 0 Å². The van der Waals surface area contributed by atoms with Crippen molar-refractivity contribution in [1.29, 1.82) is 0 Å². The van der Waals surface area contributed by atoms with Gasteiger partial charge in [-0.05, 0) is 45.0 Å². The van der Waals surface area contributed by atoms with Crippen molar-refractivity contribution in [2.75, 3.05) is 13.2 Å². The van der Waals surface area contributed by atoms with Crippen molar-refractivity contribution in [3.05, 3.63) is 29.8 Å². The predicted octanol–water partition coefficient (Wildman–Crippen LogP) is 2.91. The molecule has 0 heterocycles. The first kappa shape index (κ1) is 15.9. The van der Waals surface area contributed by atoms with Crippen LogP contribution < -0.4 is 0 Å². The zero-order valence-corrected chi connectivity index (χ0v) is 12.0. The van der Waals surface area contributed by atoms with Gasteiger partial charge < -0.3 is 9.47 Å². The van der Waals surface area contributed by atoms with Gasteiger partial charge in [0, 0.05) is 5.56 Å². The van der Waals surface area contributed by atoms with Gasteiger partial charge in [0.2, 0.25) is 0 Å². The molecule has 5 heteroatoms. The van der Waals surface area contributed by atoms with Gasteiger partial charge in [-0.1, -0.05) is 0 Å². The fourth-order valence-electron chi connectivity index (χ4n) is 1.54. The number of rotatable bonds is 6. The summed E-state index contributed by atoms with van der Waals surface area (Å²) >= 11 is 0. The van der Waals surface area contributed by atoms with Gasteiger partial charge in [0.25, 0.3) is 0 Å². The van der Waals surface area contributed by atoms with E-state index in [0.717, 1.165) is 0 Å². The number of Topliss-reactive ketones (excluding diaryl/α,β-unsaturated/α-hetero) is 1. The standard InChI is InChI=1S/C15H19NO4/c1-4-19-14(10-15(18)20-5-2)16-13-8-6-12(7-9-13)11(3)17/h6-9H,4-5,10H2,1-3H3. The molecule has 0 fully saturated rings. The second-order valence-corrected chi connectivity index (χ2v) is 4.02. The maximum atomic E-state index is 11.4. The number of carbonyl (C=O) groups excluding carboxylic acids is 2. The zero-order valence-electron chi connectivity index (χ0n) is 12.0. The van der Waals surface area contributed by atoms with E-state index in [4.69, 9.17) is 9.47 Å². The highest BCUT2D eigenvalue weighted by atomic mass is 16.5. The van der Waals surface area contributed by atoms with Gasteiger partial charge in [0.05, 0.1) is 18.9 Å². The molecule has 0 aliphatic heterocycles. The number of hydrogen-bond donors (Lipinski definition) is 0. The Balaban J connectivity index is 2.84. The fourth-order valence-corrected chi connectivity index (χ4v) is 1.54. The molecule has 20 heavy (non-hydrogen) atoms. The molecule has 0 radical (unpaired) electrons. The molecule has 108 valence electrons. The number of esters is 1. The number of ether oxygens (including phenoxy) is 2. The molecule has 0 atom stereocenters. The molecule has 0 saturated carbocycles. The van der Waals surface area contributed by atoms with Gasteiger partial charge in [-0.25, -0.2) is 4.99 Å². The fraction of sp³-hybridized carbons (Fsp3) is 0.400. The van der Waals surface area contributed by atoms with Crippen molar-refractivity contribution in [3.63, 3.8) is 0 Å². The molecule has 0 bridgehead atoms. The van der Waals surface area contributed by atoms with Crippen molar-refractivity contribution < 1.29 is 19.1 Å². The molecule has 0 saturated heterocycles. The van der Waals surface area contributed by atoms with E-state index in [1.165, 1.54) is 6.92 Å². The second kappa shape index (κ2) is 8.09. The first-order valence-corrected chi connectivity index (χ1v) is 6.53. The van der Waals surface area contributed by atoms with E-state index >= 15 is 0 Å². The number of benzene rings is 1. The number of hydrogen-bond acceptors (Lipinski definition) is 5. The van der Waals surface area contributed by atoms with Gasteiger partial charge in [-0.3, -0.25) is 9.59 Å². The summed E-state index contributed by atoms with van der Waals surface area (Å²) in [6, 6.07) is 6.80. The smallest absolute Gasteiger partial charge is 0.315 e. The lowest BCUT2D eigenvalue weighted by molar-refractivity contribution is -0.141. The van der Waals surface area contributed by atoms with Gasteiger partial charge in [0.1, 0.15) is 6.42 Å². The molecule has 0 aliphatic rings. The molecular formula is C15H19NO4. The van der Waals surface area contributed by atoms with Crippen LogP contribution in [0.2, 0.25) is 0 Å². The van der Waals surface area contributed by atoms with E-state index in [1.807, 2.05) is 6.92 Å². The lowest BCUT2D eigenvalue weighted by Crippen LogP contribution is -2.14. The van der Waals surface area contributed by atoms with Crippen LogP contribution in [0.1, 0.15) is 37.6 Å². The summed E-state index contributed by atoms with van der Waals surface area (Å²) in [6.45, 7) is 5.81. The van der Waals surface area contributed by atoms with E-state index in [1.54, 1.807) is 31.2 Å². The Morgan fingerprint density at radius 3 is 2.15 bits per heavy atom. The number of nitrogens with zero attached hydrogens (tertiary/aromatic N) is 1. The Morgan fingerprint density at radius 2 is 1.65 bits per heavy atom. The van der Waals surface area contributed by atoms with Crippen LogP contribution >= 0.6 is 0 Å². The summed E-state index contributed by atoms with van der Waals surface area (Å²) in [5, 5.41) is 0. The maximum absolute atomic E-state index is 11.4. The van der Waals surface area contributed by atoms with Gasteiger partial charge in [-0.2, -0.15) is 0 Å². The highest BCUT2D eigenvalue weighted by Gasteiger charge is 2.09. The summed E-state index contributed by atoms with van der Waals surface area (Å²) in [7, 11) is 0. The highest BCUT2D eigenvalue weighted by Crippen LogP contribution is 2.15. The lowest BCUT2D eigenvalue weighted by atomic mass is 10.1. The number of aliphatic imine (C=N–C) groups is 1. The van der Waals surface area contributed by atoms with Crippen molar-refractivity contribution >= 4 is 23.3 Å². The Labute approximate surface area is 118 Å². The van der Waals surface area contributed by atoms with Gasteiger partial charge in [-0.15, -0.1) is 0 Å². The first-order valence-electron chi connectivity index (χ1n) is 6.53. The predicted molar refractivity (Wildman–Crippen MR) is 76.4 cm³/mol. The number of ketones is 1. The first-order chi connectivity index (χ1) is 9.56. The van der Waals surface area contributed by atoms with Crippen molar-refractivity contribution in [2.24, 2.45) is 4.99 Å². The monoisotopic (exact) mass is 277 g/mol. The quantitative estimate of drug-likeness (QED) is 0.347. The van der Waals surface area contributed by atoms with E-state index < -0.39 is 0 Å². The van der Waals surface area contributed by atoms with Crippen LogP contribution in [0, 0.1) is 0 Å². The largest absolute Gasteiger partial charge is 0.481 e. The second-order valence-electron chi connectivity index (χ2n) is 4.02. The van der Waals surface area contributed by atoms with Gasteiger partial charge in [0.15, 0.2) is 11.7 Å². The minimum atomic E-state index is -0.375. The van der Waals surface area contributed by atoms with Gasteiger partial charge >= 0.3 is 5.97 Å². The van der Waals surface area contributed by atoms with Crippen molar-refractivity contribution in [2.45, 2.75) is 27.2 Å². The summed E-state index contributed by atoms with van der Waals surface area (Å²) < 4.78 is 10.2. The summed E-state index contributed by atoms with van der Waals surface area (Å²) in [4.78, 5) is 26.9. The summed E-state index contributed by atoms with van der Waals surface area (Å²) in [6.07, 6.45) is -0.00383. The average Bonchev–Trinajstić information content (AvgIpc) is 2.39. The molecular weight excluding hydrogens is 258 g/mol. The third kappa shape index (κ3) is 5.22. The molecule has 0 aromatic heterocycles. The molecule has 0 N–H and O–H groups in total. The van der Waals surface area contributed by atoms with Crippen molar-refractivity contribution in [1.82, 2.24) is 0 Å². The molecule has 1 aromatic rings. The average molecular weight is 277 g/mol. The SMILES string of the molecule is CCOC(=O)CC(=Nc1ccc(C(C)=O)cc1)OCC. The van der Waals surface area contributed by atoms with Crippen LogP contribution in [-0.2, 0) is 14.3 Å². The normalized spacial score (nSPS) is 11.1. The third-order valence-electron chi connectivity index (χ3n) is 2.44. The zero-order chi connectivity index (χ0) is 15.0. The maximum Gasteiger partial charge on any atom is 0.315 e.